The van der Waals surface area contributed by atoms with Crippen molar-refractivity contribution in [1.82, 2.24) is 0 Å². The zero-order valence-electron chi connectivity index (χ0n) is 13.6. The van der Waals surface area contributed by atoms with Gasteiger partial charge in [-0.3, -0.25) is 0 Å². The third kappa shape index (κ3) is 8.72. The van der Waals surface area contributed by atoms with Crippen LogP contribution in [0.25, 0.3) is 0 Å². The van der Waals surface area contributed by atoms with Gasteiger partial charge in [-0.25, -0.2) is 4.79 Å². The molecule has 138 valence electrons. The van der Waals surface area contributed by atoms with E-state index in [9.17, 15) is 4.79 Å². The molecule has 1 atom stereocenters. The SMILES string of the molecule is CCCCCCCCCCCCC(Cl)C(Cl)(Cl)C(Cl)(Cl)C(=O)O. The molecule has 0 fully saturated rings. The fraction of sp³-hybridized carbons (Fsp3) is 0.938. The molecule has 0 radical (unpaired) electrons. The highest BCUT2D eigenvalue weighted by atomic mass is 35.5. The van der Waals surface area contributed by atoms with E-state index in [2.05, 4.69) is 6.92 Å². The summed E-state index contributed by atoms with van der Waals surface area (Å²) < 4.78 is -4.27. The van der Waals surface area contributed by atoms with Crippen molar-refractivity contribution in [2.75, 3.05) is 0 Å². The normalized spacial score (nSPS) is 14.0. The van der Waals surface area contributed by atoms with E-state index in [1.807, 2.05) is 0 Å². The number of rotatable bonds is 14. The van der Waals surface area contributed by atoms with Gasteiger partial charge in [0.1, 0.15) is 0 Å². The van der Waals surface area contributed by atoms with Crippen LogP contribution in [0.15, 0.2) is 0 Å². The van der Waals surface area contributed by atoms with Gasteiger partial charge in [0.2, 0.25) is 4.33 Å². The van der Waals surface area contributed by atoms with E-state index in [1.165, 1.54) is 44.9 Å². The molecule has 0 aliphatic carbocycles. The van der Waals surface area contributed by atoms with Gasteiger partial charge in [-0.2, -0.15) is 0 Å². The molecule has 1 unspecified atom stereocenters. The number of aliphatic carboxylic acids is 1. The first-order chi connectivity index (χ1) is 10.7. The molecule has 0 aromatic rings. The minimum Gasteiger partial charge on any atom is -0.479 e. The van der Waals surface area contributed by atoms with E-state index in [1.54, 1.807) is 0 Å². The Balaban J connectivity index is 3.82. The lowest BCUT2D eigenvalue weighted by Crippen LogP contribution is -2.49. The first-order valence-electron chi connectivity index (χ1n) is 8.31. The molecule has 23 heavy (non-hydrogen) atoms. The van der Waals surface area contributed by atoms with Gasteiger partial charge in [-0.15, -0.1) is 11.6 Å². The van der Waals surface area contributed by atoms with Crippen LogP contribution in [0, 0.1) is 0 Å². The predicted octanol–water partition coefficient (Wildman–Crippen LogP) is 7.34. The van der Waals surface area contributed by atoms with Gasteiger partial charge in [0.25, 0.3) is 0 Å². The molecule has 0 heterocycles. The van der Waals surface area contributed by atoms with Crippen LogP contribution in [-0.4, -0.2) is 25.1 Å². The summed E-state index contributed by atoms with van der Waals surface area (Å²) in [5.74, 6) is -1.50. The molecule has 0 aliphatic heterocycles. The Morgan fingerprint density at radius 2 is 1.26 bits per heavy atom. The Hall–Kier alpha value is 0.920. The minimum absolute atomic E-state index is 0.472. The van der Waals surface area contributed by atoms with Crippen molar-refractivity contribution in [3.63, 3.8) is 0 Å². The number of unbranched alkanes of at least 4 members (excludes halogenated alkanes) is 9. The predicted molar refractivity (Wildman–Crippen MR) is 103 cm³/mol. The lowest BCUT2D eigenvalue weighted by atomic mass is 10.0. The number of carboxylic acid groups (broad SMARTS) is 1. The third-order valence-corrected chi connectivity index (χ3v) is 7.06. The second-order valence-corrected chi connectivity index (χ2v) is 9.18. The van der Waals surface area contributed by atoms with Gasteiger partial charge in [-0.1, -0.05) is 118 Å². The molecule has 1 N–H and O–H groups in total. The van der Waals surface area contributed by atoms with E-state index >= 15 is 0 Å². The topological polar surface area (TPSA) is 37.3 Å². The lowest BCUT2D eigenvalue weighted by Gasteiger charge is -2.32. The van der Waals surface area contributed by atoms with Crippen molar-refractivity contribution in [2.24, 2.45) is 0 Å². The molecule has 0 saturated heterocycles. The van der Waals surface area contributed by atoms with Crippen LogP contribution >= 0.6 is 58.0 Å². The highest BCUT2D eigenvalue weighted by Gasteiger charge is 2.57. The zero-order chi connectivity index (χ0) is 17.9. The summed E-state index contributed by atoms with van der Waals surface area (Å²) in [5.41, 5.74) is 0. The van der Waals surface area contributed by atoms with Crippen molar-refractivity contribution < 1.29 is 9.90 Å². The number of hydrogen-bond donors (Lipinski definition) is 1. The van der Waals surface area contributed by atoms with Gasteiger partial charge in [0.05, 0.1) is 5.38 Å². The molecule has 0 aromatic heterocycles. The molecule has 0 spiro atoms. The first kappa shape index (κ1) is 23.9. The summed E-state index contributed by atoms with van der Waals surface area (Å²) in [7, 11) is 0. The van der Waals surface area contributed by atoms with Crippen molar-refractivity contribution >= 4 is 64.0 Å². The molecule has 0 aromatic carbocycles. The third-order valence-electron chi connectivity index (χ3n) is 3.89. The molecule has 0 aliphatic rings. The fourth-order valence-corrected chi connectivity index (χ4v) is 3.40. The van der Waals surface area contributed by atoms with Crippen LogP contribution in [0.5, 0.6) is 0 Å². The number of hydrogen-bond acceptors (Lipinski definition) is 1. The van der Waals surface area contributed by atoms with Crippen molar-refractivity contribution in [3.05, 3.63) is 0 Å². The monoisotopic (exact) mass is 426 g/mol. The highest BCUT2D eigenvalue weighted by Crippen LogP contribution is 2.48. The molecular weight excluding hydrogens is 401 g/mol. The Morgan fingerprint density at radius 1 is 0.870 bits per heavy atom. The van der Waals surface area contributed by atoms with Crippen molar-refractivity contribution in [1.29, 1.82) is 0 Å². The second-order valence-electron chi connectivity index (χ2n) is 5.94. The van der Waals surface area contributed by atoms with Crippen molar-refractivity contribution in [3.8, 4) is 0 Å². The Labute approximate surface area is 165 Å². The summed E-state index contributed by atoms with van der Waals surface area (Å²) >= 11 is 29.5. The van der Waals surface area contributed by atoms with Gasteiger partial charge < -0.3 is 5.11 Å². The van der Waals surface area contributed by atoms with E-state index < -0.39 is 20.0 Å². The minimum atomic E-state index is -2.33. The van der Waals surface area contributed by atoms with Gasteiger partial charge in [-0.05, 0) is 6.42 Å². The molecule has 0 rings (SSSR count). The number of carbonyl (C=O) groups is 1. The Bertz CT molecular complexity index is 334. The average molecular weight is 429 g/mol. The molecule has 7 heteroatoms. The first-order valence-corrected chi connectivity index (χ1v) is 10.3. The zero-order valence-corrected chi connectivity index (χ0v) is 17.4. The van der Waals surface area contributed by atoms with E-state index in [-0.39, 0.29) is 0 Å². The van der Waals surface area contributed by atoms with Crippen LogP contribution in [-0.2, 0) is 4.79 Å². The fourth-order valence-electron chi connectivity index (χ4n) is 2.33. The van der Waals surface area contributed by atoms with Gasteiger partial charge in [0.15, 0.2) is 4.33 Å². The smallest absolute Gasteiger partial charge is 0.343 e. The molecule has 0 saturated carbocycles. The van der Waals surface area contributed by atoms with Gasteiger partial charge >= 0.3 is 5.97 Å². The maximum atomic E-state index is 11.0. The summed E-state index contributed by atoms with van der Waals surface area (Å²) in [6.07, 6.45) is 12.4. The standard InChI is InChI=1S/C16H27Cl5O2/c1-2-3-4-5-6-7-8-9-10-11-12-13(17)15(18,19)16(20,21)14(22)23/h13H,2-12H2,1H3,(H,22,23). The Morgan fingerprint density at radius 3 is 1.65 bits per heavy atom. The average Bonchev–Trinajstić information content (AvgIpc) is 2.48. The highest BCUT2D eigenvalue weighted by molar-refractivity contribution is 6.69. The second kappa shape index (κ2) is 12.3. The maximum Gasteiger partial charge on any atom is 0.343 e. The quantitative estimate of drug-likeness (QED) is 0.232. The van der Waals surface area contributed by atoms with E-state index in [0.29, 0.717) is 6.42 Å². The van der Waals surface area contributed by atoms with Crippen LogP contribution < -0.4 is 0 Å². The summed E-state index contributed by atoms with van der Waals surface area (Å²) in [5, 5.41) is 8.15. The van der Waals surface area contributed by atoms with E-state index in [4.69, 9.17) is 63.1 Å². The molecular formula is C16H27Cl5O2. The number of alkyl halides is 5. The summed E-state index contributed by atoms with van der Waals surface area (Å²) in [6, 6.07) is 0. The van der Waals surface area contributed by atoms with Crippen molar-refractivity contribution in [2.45, 2.75) is 91.6 Å². The number of carboxylic acids is 1. The molecule has 2 nitrogen and oxygen atoms in total. The van der Waals surface area contributed by atoms with Crippen LogP contribution in [0.3, 0.4) is 0 Å². The maximum absolute atomic E-state index is 11.0. The van der Waals surface area contributed by atoms with E-state index in [0.717, 1.165) is 19.3 Å². The summed E-state index contributed by atoms with van der Waals surface area (Å²) in [4.78, 5) is 11.0. The molecule has 0 bridgehead atoms. The Kier molecular flexibility index (Phi) is 12.8. The van der Waals surface area contributed by atoms with Gasteiger partial charge in [0, 0.05) is 0 Å². The van der Waals surface area contributed by atoms with Crippen LogP contribution in [0.4, 0.5) is 0 Å². The molecule has 0 amide bonds. The van der Waals surface area contributed by atoms with Crippen LogP contribution in [0.1, 0.15) is 77.6 Å². The largest absolute Gasteiger partial charge is 0.479 e. The number of halogens is 5. The lowest BCUT2D eigenvalue weighted by molar-refractivity contribution is -0.138. The van der Waals surface area contributed by atoms with Crippen LogP contribution in [0.2, 0.25) is 0 Å². The summed E-state index contributed by atoms with van der Waals surface area (Å²) in [6.45, 7) is 2.22.